The molecule has 0 fully saturated rings. The van der Waals surface area contributed by atoms with Crippen LogP contribution >= 0.6 is 15.9 Å². The van der Waals surface area contributed by atoms with Crippen LogP contribution in [0.1, 0.15) is 49.4 Å². The van der Waals surface area contributed by atoms with Gasteiger partial charge in [0.1, 0.15) is 5.69 Å². The second kappa shape index (κ2) is 8.18. The van der Waals surface area contributed by atoms with Crippen LogP contribution in [0.5, 0.6) is 0 Å². The molecule has 0 saturated heterocycles. The third kappa shape index (κ3) is 4.13. The molecule has 2 rings (SSSR count). The summed E-state index contributed by atoms with van der Waals surface area (Å²) in [5, 5.41) is 0. The Morgan fingerprint density at radius 2 is 1.85 bits per heavy atom. The van der Waals surface area contributed by atoms with E-state index < -0.39 is 24.3 Å². The zero-order chi connectivity index (χ0) is 19.4. The molecule has 1 aromatic carbocycles. The Morgan fingerprint density at radius 1 is 1.15 bits per heavy atom. The van der Waals surface area contributed by atoms with Crippen molar-refractivity contribution in [1.82, 2.24) is 4.98 Å². The molecule has 0 radical (unpaired) electrons. The van der Waals surface area contributed by atoms with Crippen molar-refractivity contribution in [1.29, 1.82) is 0 Å². The Kier molecular flexibility index (Phi) is 6.20. The van der Waals surface area contributed by atoms with E-state index in [-0.39, 0.29) is 23.6 Å². The Bertz CT molecular complexity index is 873. The smallest absolute Gasteiger partial charge is 0.355 e. The minimum absolute atomic E-state index is 0.168. The maximum Gasteiger partial charge on any atom is 0.355 e. The molecule has 0 aliphatic rings. The van der Waals surface area contributed by atoms with Crippen LogP contribution in [0.4, 0.5) is 5.69 Å². The largest absolute Gasteiger partial charge is 0.461 e. The number of hydrogen-bond donors (Lipinski definition) is 2. The number of aromatic amines is 1. The van der Waals surface area contributed by atoms with Gasteiger partial charge in [-0.15, -0.1) is 0 Å². The van der Waals surface area contributed by atoms with Crippen LogP contribution in [0, 0.1) is 13.8 Å². The maximum absolute atomic E-state index is 12.5. The molecule has 0 bridgehead atoms. The highest BCUT2D eigenvalue weighted by atomic mass is 79.9. The number of nitrogens with one attached hydrogen (secondary N) is 1. The number of anilines is 1. The fourth-order valence-electron chi connectivity index (χ4n) is 2.56. The molecule has 1 heterocycles. The van der Waals surface area contributed by atoms with Gasteiger partial charge in [0.25, 0.3) is 0 Å². The van der Waals surface area contributed by atoms with Gasteiger partial charge in [0.2, 0.25) is 5.78 Å². The van der Waals surface area contributed by atoms with E-state index in [9.17, 15) is 14.4 Å². The SMILES string of the molecule is CCOC(=O)c1[nH]c(C)c(C(=O)COC(=O)c2cc(Br)ccc2N)c1C. The number of Topliss-reactive ketones (excluding diaryl/α,β-unsaturated/α-hetero) is 1. The van der Waals surface area contributed by atoms with E-state index >= 15 is 0 Å². The van der Waals surface area contributed by atoms with E-state index in [1.807, 2.05) is 0 Å². The zero-order valence-electron chi connectivity index (χ0n) is 14.6. The van der Waals surface area contributed by atoms with Crippen molar-refractivity contribution in [3.05, 3.63) is 50.8 Å². The van der Waals surface area contributed by atoms with Crippen LogP contribution in [-0.2, 0) is 9.47 Å². The Balaban J connectivity index is 2.14. The quantitative estimate of drug-likeness (QED) is 0.419. The van der Waals surface area contributed by atoms with E-state index in [0.29, 0.717) is 21.3 Å². The van der Waals surface area contributed by atoms with E-state index in [1.54, 1.807) is 32.9 Å². The monoisotopic (exact) mass is 422 g/mol. The number of aryl methyl sites for hydroxylation is 1. The van der Waals surface area contributed by atoms with Crippen LogP contribution in [0.15, 0.2) is 22.7 Å². The number of nitrogen functional groups attached to an aromatic ring is 1. The maximum atomic E-state index is 12.5. The number of hydrogen-bond acceptors (Lipinski definition) is 6. The number of halogens is 1. The number of H-pyrrole nitrogens is 1. The number of esters is 2. The Labute approximate surface area is 159 Å². The number of rotatable bonds is 6. The van der Waals surface area contributed by atoms with Crippen LogP contribution in [-0.4, -0.2) is 35.9 Å². The molecule has 0 spiro atoms. The summed E-state index contributed by atoms with van der Waals surface area (Å²) < 4.78 is 10.7. The van der Waals surface area contributed by atoms with Crippen molar-refractivity contribution in [2.75, 3.05) is 18.9 Å². The minimum atomic E-state index is -0.700. The van der Waals surface area contributed by atoms with Gasteiger partial charge >= 0.3 is 11.9 Å². The highest BCUT2D eigenvalue weighted by Crippen LogP contribution is 2.21. The van der Waals surface area contributed by atoms with Gasteiger partial charge in [-0.25, -0.2) is 9.59 Å². The van der Waals surface area contributed by atoms with Gasteiger partial charge in [0.05, 0.1) is 12.2 Å². The zero-order valence-corrected chi connectivity index (χ0v) is 16.2. The molecule has 7 nitrogen and oxygen atoms in total. The number of carbonyl (C=O) groups is 3. The number of carbonyl (C=O) groups excluding carboxylic acids is 3. The van der Waals surface area contributed by atoms with E-state index in [1.165, 1.54) is 6.07 Å². The summed E-state index contributed by atoms with van der Waals surface area (Å²) in [4.78, 5) is 39.4. The summed E-state index contributed by atoms with van der Waals surface area (Å²) in [6.45, 7) is 4.76. The highest BCUT2D eigenvalue weighted by molar-refractivity contribution is 9.10. The van der Waals surface area contributed by atoms with Crippen molar-refractivity contribution in [3.63, 3.8) is 0 Å². The average molecular weight is 423 g/mol. The summed E-state index contributed by atoms with van der Waals surface area (Å²) in [5.41, 5.74) is 7.68. The number of nitrogens with two attached hydrogens (primary N) is 1. The molecular weight excluding hydrogens is 404 g/mol. The van der Waals surface area contributed by atoms with Crippen molar-refractivity contribution >= 4 is 39.3 Å². The minimum Gasteiger partial charge on any atom is -0.461 e. The van der Waals surface area contributed by atoms with Crippen LogP contribution < -0.4 is 5.73 Å². The van der Waals surface area contributed by atoms with Crippen LogP contribution in [0.25, 0.3) is 0 Å². The Hall–Kier alpha value is -2.61. The third-order valence-corrected chi connectivity index (χ3v) is 4.26. The molecule has 26 heavy (non-hydrogen) atoms. The lowest BCUT2D eigenvalue weighted by Gasteiger charge is -2.07. The van der Waals surface area contributed by atoms with Crippen LogP contribution in [0.2, 0.25) is 0 Å². The lowest BCUT2D eigenvalue weighted by atomic mass is 10.1. The molecule has 0 unspecified atom stereocenters. The summed E-state index contributed by atoms with van der Waals surface area (Å²) in [6, 6.07) is 4.78. The molecule has 2 aromatic rings. The van der Waals surface area contributed by atoms with Crippen molar-refractivity contribution < 1.29 is 23.9 Å². The molecule has 1 aromatic heterocycles. The number of benzene rings is 1. The first-order valence-corrected chi connectivity index (χ1v) is 8.67. The van der Waals surface area contributed by atoms with Crippen molar-refractivity contribution in [2.24, 2.45) is 0 Å². The van der Waals surface area contributed by atoms with Gasteiger partial charge in [-0.1, -0.05) is 15.9 Å². The first-order chi connectivity index (χ1) is 12.3. The topological polar surface area (TPSA) is 111 Å². The molecule has 0 atom stereocenters. The van der Waals surface area contributed by atoms with Gasteiger partial charge in [0.15, 0.2) is 6.61 Å². The second-order valence-corrected chi connectivity index (χ2v) is 6.49. The molecule has 8 heteroatoms. The van der Waals surface area contributed by atoms with Gasteiger partial charge < -0.3 is 20.2 Å². The molecule has 0 aliphatic heterocycles. The van der Waals surface area contributed by atoms with E-state index in [2.05, 4.69) is 20.9 Å². The molecular formula is C18H19BrN2O5. The second-order valence-electron chi connectivity index (χ2n) is 5.58. The first-order valence-electron chi connectivity index (χ1n) is 7.87. The van der Waals surface area contributed by atoms with E-state index in [4.69, 9.17) is 15.2 Å². The van der Waals surface area contributed by atoms with E-state index in [0.717, 1.165) is 0 Å². The first kappa shape index (κ1) is 19.7. The van der Waals surface area contributed by atoms with Gasteiger partial charge in [-0.3, -0.25) is 4.79 Å². The number of ketones is 1. The van der Waals surface area contributed by atoms with Crippen LogP contribution in [0.3, 0.4) is 0 Å². The summed E-state index contributed by atoms with van der Waals surface area (Å²) >= 11 is 3.25. The lowest BCUT2D eigenvalue weighted by molar-refractivity contribution is 0.0474. The Morgan fingerprint density at radius 3 is 2.50 bits per heavy atom. The predicted molar refractivity (Wildman–Crippen MR) is 99.4 cm³/mol. The molecule has 0 saturated carbocycles. The average Bonchev–Trinajstić information content (AvgIpc) is 2.89. The third-order valence-electron chi connectivity index (χ3n) is 3.77. The lowest BCUT2D eigenvalue weighted by Crippen LogP contribution is -2.16. The molecule has 0 amide bonds. The summed E-state index contributed by atoms with van der Waals surface area (Å²) in [6.07, 6.45) is 0. The van der Waals surface area contributed by atoms with Gasteiger partial charge in [-0.05, 0) is 44.5 Å². The standard InChI is InChI=1S/C18H19BrN2O5/c1-4-25-18(24)16-9(2)15(10(3)21-16)14(22)8-26-17(23)12-7-11(19)5-6-13(12)20/h5-7,21H,4,8,20H2,1-3H3. The van der Waals surface area contributed by atoms with Gasteiger partial charge in [-0.2, -0.15) is 0 Å². The number of aromatic nitrogens is 1. The predicted octanol–water partition coefficient (Wildman–Crippen LogP) is 3.19. The summed E-state index contributed by atoms with van der Waals surface area (Å²) in [7, 11) is 0. The fraction of sp³-hybridized carbons (Fsp3) is 0.278. The number of ether oxygens (including phenoxy) is 2. The summed E-state index contributed by atoms with van der Waals surface area (Å²) in [5.74, 6) is -1.66. The molecule has 0 aliphatic carbocycles. The van der Waals surface area contributed by atoms with Crippen molar-refractivity contribution in [2.45, 2.75) is 20.8 Å². The fourth-order valence-corrected chi connectivity index (χ4v) is 2.92. The normalized spacial score (nSPS) is 10.5. The molecule has 138 valence electrons. The highest BCUT2D eigenvalue weighted by Gasteiger charge is 2.24. The molecule has 3 N–H and O–H groups in total. The van der Waals surface area contributed by atoms with Crippen molar-refractivity contribution in [3.8, 4) is 0 Å². The van der Waals surface area contributed by atoms with Gasteiger partial charge in [0, 0.05) is 21.4 Å².